The summed E-state index contributed by atoms with van der Waals surface area (Å²) >= 11 is 3.36. The molecule has 1 N–H and O–H groups in total. The average Bonchev–Trinajstić information content (AvgIpc) is 2.58. The van der Waals surface area contributed by atoms with E-state index in [9.17, 15) is 14.0 Å². The van der Waals surface area contributed by atoms with Gasteiger partial charge in [0.05, 0.1) is 6.42 Å². The molecule has 0 radical (unpaired) electrons. The molecule has 1 aliphatic rings. The Morgan fingerprint density at radius 1 is 1.19 bits per heavy atom. The van der Waals surface area contributed by atoms with E-state index in [1.165, 1.54) is 12.1 Å². The van der Waals surface area contributed by atoms with E-state index in [2.05, 4.69) is 15.9 Å². The highest BCUT2D eigenvalue weighted by atomic mass is 79.9. The molecule has 2 aromatic carbocycles. The molecule has 1 saturated heterocycles. The molecule has 2 amide bonds. The number of hydrogen-bond donors (Lipinski definition) is 1. The largest absolute Gasteiger partial charge is 0.481 e. The summed E-state index contributed by atoms with van der Waals surface area (Å²) in [4.78, 5) is 27.3. The quantitative estimate of drug-likeness (QED) is 0.790. The van der Waals surface area contributed by atoms with Crippen molar-refractivity contribution in [1.29, 1.82) is 0 Å². The van der Waals surface area contributed by atoms with Crippen LogP contribution < -0.4 is 4.90 Å². The van der Waals surface area contributed by atoms with Crippen LogP contribution in [0.3, 0.4) is 0 Å². The predicted octanol–water partition coefficient (Wildman–Crippen LogP) is 4.12. The van der Waals surface area contributed by atoms with E-state index >= 15 is 0 Å². The van der Waals surface area contributed by atoms with Crippen LogP contribution in [0.15, 0.2) is 53.0 Å². The second kappa shape index (κ2) is 7.86. The lowest BCUT2D eigenvalue weighted by Gasteiger charge is -2.40. The molecule has 3 rings (SSSR count). The molecule has 136 valence electrons. The molecule has 0 saturated carbocycles. The molecule has 1 atom stereocenters. The molecule has 2 aromatic rings. The van der Waals surface area contributed by atoms with Gasteiger partial charge in [-0.25, -0.2) is 9.18 Å². The number of urea groups is 1. The van der Waals surface area contributed by atoms with Crippen LogP contribution in [-0.4, -0.2) is 35.1 Å². The Balaban J connectivity index is 1.85. The second-order valence-corrected chi connectivity index (χ2v) is 7.26. The van der Waals surface area contributed by atoms with E-state index in [4.69, 9.17) is 5.11 Å². The molecule has 1 unspecified atom stereocenters. The Morgan fingerprint density at radius 3 is 2.58 bits per heavy atom. The number of hydrogen-bond acceptors (Lipinski definition) is 2. The minimum absolute atomic E-state index is 0.0278. The van der Waals surface area contributed by atoms with Gasteiger partial charge in [0.1, 0.15) is 5.82 Å². The van der Waals surface area contributed by atoms with Gasteiger partial charge in [-0.1, -0.05) is 28.1 Å². The molecule has 7 heteroatoms. The third-order valence-electron chi connectivity index (χ3n) is 4.28. The molecule has 0 spiro atoms. The summed E-state index contributed by atoms with van der Waals surface area (Å²) in [5, 5.41) is 9.16. The van der Waals surface area contributed by atoms with E-state index in [1.54, 1.807) is 21.9 Å². The lowest BCUT2D eigenvalue weighted by molar-refractivity contribution is -0.138. The molecule has 0 aliphatic carbocycles. The van der Waals surface area contributed by atoms with Crippen molar-refractivity contribution in [2.75, 3.05) is 18.0 Å². The summed E-state index contributed by atoms with van der Waals surface area (Å²) in [5.41, 5.74) is 1.38. The normalized spacial score (nSPS) is 17.5. The Labute approximate surface area is 159 Å². The van der Waals surface area contributed by atoms with Crippen molar-refractivity contribution in [1.82, 2.24) is 4.90 Å². The van der Waals surface area contributed by atoms with Crippen LogP contribution in [0.2, 0.25) is 0 Å². The van der Waals surface area contributed by atoms with Gasteiger partial charge in [0.15, 0.2) is 0 Å². The molecule has 0 bridgehead atoms. The van der Waals surface area contributed by atoms with Gasteiger partial charge in [0.25, 0.3) is 0 Å². The van der Waals surface area contributed by atoms with Crippen molar-refractivity contribution in [3.05, 3.63) is 64.4 Å². The van der Waals surface area contributed by atoms with Crippen LogP contribution in [0.25, 0.3) is 0 Å². The maximum Gasteiger partial charge on any atom is 0.324 e. The molecule has 1 fully saturated rings. The summed E-state index contributed by atoms with van der Waals surface area (Å²) in [6.07, 6.45) is -0.0278. The Hall–Kier alpha value is -2.41. The summed E-state index contributed by atoms with van der Waals surface area (Å²) in [7, 11) is 0. The Morgan fingerprint density at radius 2 is 1.92 bits per heavy atom. The van der Waals surface area contributed by atoms with Crippen molar-refractivity contribution in [2.45, 2.75) is 13.0 Å². The fraction of sp³-hybridized carbons (Fsp3) is 0.263. The van der Waals surface area contributed by atoms with E-state index in [1.807, 2.05) is 24.3 Å². The summed E-state index contributed by atoms with van der Waals surface area (Å²) < 4.78 is 14.3. The minimum Gasteiger partial charge on any atom is -0.481 e. The summed E-state index contributed by atoms with van der Waals surface area (Å²) in [6, 6.07) is 13.2. The monoisotopic (exact) mass is 420 g/mol. The molecule has 1 aliphatic heterocycles. The summed E-state index contributed by atoms with van der Waals surface area (Å²) in [5.74, 6) is -1.47. The first-order valence-electron chi connectivity index (χ1n) is 8.20. The number of carbonyl (C=O) groups is 2. The highest BCUT2D eigenvalue weighted by Gasteiger charge is 2.33. The van der Waals surface area contributed by atoms with Crippen molar-refractivity contribution < 1.29 is 19.1 Å². The third-order valence-corrected chi connectivity index (χ3v) is 4.81. The van der Waals surface area contributed by atoms with Gasteiger partial charge >= 0.3 is 12.0 Å². The van der Waals surface area contributed by atoms with Crippen molar-refractivity contribution in [3.8, 4) is 0 Å². The van der Waals surface area contributed by atoms with Crippen LogP contribution in [-0.2, 0) is 11.3 Å². The highest BCUT2D eigenvalue weighted by molar-refractivity contribution is 9.10. The number of benzene rings is 2. The smallest absolute Gasteiger partial charge is 0.324 e. The Bertz CT molecular complexity index is 813. The first-order valence-corrected chi connectivity index (χ1v) is 9.00. The SMILES string of the molecule is O=C(O)CC1CN(Cc2cccc(F)c2)C(=O)N(c2ccc(Br)cc2)C1. The standard InChI is InChI=1S/C19H18BrFN2O3/c20-15-4-6-17(7-5-15)23-12-14(9-18(24)25)11-22(19(23)26)10-13-2-1-3-16(21)8-13/h1-8,14H,9-12H2,(H,24,25). The van der Waals surface area contributed by atoms with E-state index < -0.39 is 5.97 Å². The Kier molecular flexibility index (Phi) is 5.56. The van der Waals surface area contributed by atoms with E-state index in [0.29, 0.717) is 24.3 Å². The van der Waals surface area contributed by atoms with Gasteiger partial charge in [-0.15, -0.1) is 0 Å². The number of aliphatic carboxylic acids is 1. The fourth-order valence-corrected chi connectivity index (χ4v) is 3.42. The zero-order valence-corrected chi connectivity index (χ0v) is 15.5. The number of carbonyl (C=O) groups excluding carboxylic acids is 1. The topological polar surface area (TPSA) is 60.9 Å². The highest BCUT2D eigenvalue weighted by Crippen LogP contribution is 2.26. The van der Waals surface area contributed by atoms with Crippen LogP contribution in [0, 0.1) is 11.7 Å². The van der Waals surface area contributed by atoms with E-state index in [-0.39, 0.29) is 30.7 Å². The van der Waals surface area contributed by atoms with Gasteiger partial charge in [-0.05, 0) is 42.0 Å². The van der Waals surface area contributed by atoms with Crippen molar-refractivity contribution in [3.63, 3.8) is 0 Å². The van der Waals surface area contributed by atoms with Crippen LogP contribution in [0.4, 0.5) is 14.9 Å². The van der Waals surface area contributed by atoms with Crippen molar-refractivity contribution in [2.24, 2.45) is 5.92 Å². The van der Waals surface area contributed by atoms with Gasteiger partial charge in [0, 0.05) is 35.7 Å². The maximum atomic E-state index is 13.5. The third kappa shape index (κ3) is 4.40. The maximum absolute atomic E-state index is 13.5. The summed E-state index contributed by atoms with van der Waals surface area (Å²) in [6.45, 7) is 0.904. The van der Waals surface area contributed by atoms with Crippen LogP contribution >= 0.6 is 15.9 Å². The van der Waals surface area contributed by atoms with E-state index in [0.717, 1.165) is 4.47 Å². The molecular formula is C19H18BrFN2O3. The second-order valence-electron chi connectivity index (χ2n) is 6.34. The molecular weight excluding hydrogens is 403 g/mol. The van der Waals surface area contributed by atoms with Gasteiger partial charge in [-0.2, -0.15) is 0 Å². The molecule has 1 heterocycles. The zero-order valence-electron chi connectivity index (χ0n) is 13.9. The number of nitrogens with zero attached hydrogens (tertiary/aromatic N) is 2. The lowest BCUT2D eigenvalue weighted by Crippen LogP contribution is -2.53. The molecule has 5 nitrogen and oxygen atoms in total. The fourth-order valence-electron chi connectivity index (χ4n) is 3.16. The number of carboxylic acid groups (broad SMARTS) is 1. The number of amides is 2. The van der Waals surface area contributed by atoms with Gasteiger partial charge in [-0.3, -0.25) is 9.69 Å². The first kappa shape index (κ1) is 18.4. The zero-order chi connectivity index (χ0) is 18.7. The average molecular weight is 421 g/mol. The van der Waals surface area contributed by atoms with Gasteiger partial charge < -0.3 is 10.0 Å². The first-order chi connectivity index (χ1) is 12.4. The number of rotatable bonds is 5. The van der Waals surface area contributed by atoms with Crippen molar-refractivity contribution >= 4 is 33.6 Å². The molecule has 0 aromatic heterocycles. The minimum atomic E-state index is -0.897. The number of halogens is 2. The van der Waals surface area contributed by atoms with Gasteiger partial charge in [0.2, 0.25) is 0 Å². The molecule has 26 heavy (non-hydrogen) atoms. The number of anilines is 1. The lowest BCUT2D eigenvalue weighted by atomic mass is 10.0. The van der Waals surface area contributed by atoms with Crippen LogP contribution in [0.1, 0.15) is 12.0 Å². The number of carboxylic acids is 1. The predicted molar refractivity (Wildman–Crippen MR) is 99.4 cm³/mol. The van der Waals surface area contributed by atoms with Crippen LogP contribution in [0.5, 0.6) is 0 Å².